The molecule has 1 aromatic heterocycles. The molecule has 0 bridgehead atoms. The summed E-state index contributed by atoms with van der Waals surface area (Å²) in [6.45, 7) is 8.25. The van der Waals surface area contributed by atoms with E-state index < -0.39 is 11.7 Å². The first-order valence-corrected chi connectivity index (χ1v) is 7.48. The fraction of sp³-hybridized carbons (Fsp3) is 0.733. The molecule has 0 aliphatic heterocycles. The monoisotopic (exact) mass is 330 g/mol. The van der Waals surface area contributed by atoms with Crippen LogP contribution in [0.1, 0.15) is 20.8 Å². The molecule has 0 spiro atoms. The lowest BCUT2D eigenvalue weighted by atomic mass is 10.2. The Bertz CT molecular complexity index is 455. The number of hydrogen-bond donors (Lipinski definition) is 0. The van der Waals surface area contributed by atoms with Gasteiger partial charge in [0.25, 0.3) is 0 Å². The van der Waals surface area contributed by atoms with Crippen LogP contribution in [-0.2, 0) is 18.9 Å². The number of methoxy groups -OCH3 is 1. The Hall–Kier alpha value is -1.64. The molecule has 0 atom stereocenters. The molecule has 1 aromatic rings. The maximum Gasteiger partial charge on any atom is 0.435 e. The minimum absolute atomic E-state index is 0.337. The molecule has 0 radical (unpaired) electrons. The van der Waals surface area contributed by atoms with Gasteiger partial charge in [0.1, 0.15) is 12.2 Å². The van der Waals surface area contributed by atoms with Crippen LogP contribution in [0, 0.1) is 0 Å². The smallest absolute Gasteiger partial charge is 0.435 e. The molecule has 0 saturated carbocycles. The molecule has 0 aliphatic rings. The number of hydrogen-bond acceptors (Lipinski definition) is 7. The molecule has 23 heavy (non-hydrogen) atoms. The topological polar surface area (TPSA) is 81.0 Å². The van der Waals surface area contributed by atoms with Gasteiger partial charge in [0.05, 0.1) is 33.0 Å². The number of ether oxygens (including phenoxy) is 5. The van der Waals surface area contributed by atoms with Gasteiger partial charge in [-0.25, -0.2) is 4.79 Å². The lowest BCUT2D eigenvalue weighted by Gasteiger charge is -2.18. The molecule has 0 fully saturated rings. The molecule has 0 saturated heterocycles. The SMILES string of the molecule is COCCOCCOCCOc1ccn(C(=O)OC(C)(C)C)n1. The predicted molar refractivity (Wildman–Crippen MR) is 82.9 cm³/mol. The summed E-state index contributed by atoms with van der Waals surface area (Å²) in [5, 5.41) is 3.99. The van der Waals surface area contributed by atoms with E-state index in [1.165, 1.54) is 6.20 Å². The number of carbonyl (C=O) groups is 1. The molecule has 0 aliphatic carbocycles. The summed E-state index contributed by atoms with van der Waals surface area (Å²) in [5.41, 5.74) is -0.566. The second kappa shape index (κ2) is 10.2. The zero-order valence-electron chi connectivity index (χ0n) is 14.2. The van der Waals surface area contributed by atoms with E-state index >= 15 is 0 Å². The summed E-state index contributed by atoms with van der Waals surface area (Å²) in [6, 6.07) is 1.60. The van der Waals surface area contributed by atoms with Crippen molar-refractivity contribution in [2.24, 2.45) is 0 Å². The Labute approximate surface area is 136 Å². The average molecular weight is 330 g/mol. The Morgan fingerprint density at radius 2 is 1.70 bits per heavy atom. The first-order valence-electron chi connectivity index (χ1n) is 7.48. The maximum absolute atomic E-state index is 11.8. The largest absolute Gasteiger partial charge is 0.474 e. The highest BCUT2D eigenvalue weighted by atomic mass is 16.6. The van der Waals surface area contributed by atoms with Crippen molar-refractivity contribution in [1.82, 2.24) is 9.78 Å². The third kappa shape index (κ3) is 9.17. The third-order valence-corrected chi connectivity index (χ3v) is 2.43. The zero-order valence-corrected chi connectivity index (χ0v) is 14.2. The molecule has 0 amide bonds. The van der Waals surface area contributed by atoms with Crippen LogP contribution < -0.4 is 4.74 Å². The molecule has 8 heteroatoms. The molecule has 0 aromatic carbocycles. The Morgan fingerprint density at radius 1 is 1.09 bits per heavy atom. The second-order valence-corrected chi connectivity index (χ2v) is 5.64. The highest BCUT2D eigenvalue weighted by molar-refractivity contribution is 5.69. The van der Waals surface area contributed by atoms with E-state index in [0.29, 0.717) is 45.5 Å². The van der Waals surface area contributed by atoms with Gasteiger partial charge in [-0.05, 0) is 20.8 Å². The van der Waals surface area contributed by atoms with E-state index in [1.807, 2.05) is 0 Å². The van der Waals surface area contributed by atoms with Gasteiger partial charge in [-0.2, -0.15) is 4.68 Å². The number of nitrogens with zero attached hydrogens (tertiary/aromatic N) is 2. The van der Waals surface area contributed by atoms with Gasteiger partial charge < -0.3 is 23.7 Å². The van der Waals surface area contributed by atoms with Crippen LogP contribution in [0.3, 0.4) is 0 Å². The zero-order chi connectivity index (χ0) is 17.1. The van der Waals surface area contributed by atoms with Gasteiger partial charge in [-0.1, -0.05) is 0 Å². The summed E-state index contributed by atoms with van der Waals surface area (Å²) in [7, 11) is 1.63. The number of carbonyl (C=O) groups excluding carboxylic acids is 1. The van der Waals surface area contributed by atoms with Crippen molar-refractivity contribution in [1.29, 1.82) is 0 Å². The quantitative estimate of drug-likeness (QED) is 0.604. The molecule has 132 valence electrons. The van der Waals surface area contributed by atoms with Crippen molar-refractivity contribution in [3.8, 4) is 5.88 Å². The summed E-state index contributed by atoms with van der Waals surface area (Å²) < 4.78 is 27.1. The van der Waals surface area contributed by atoms with Gasteiger partial charge in [0.2, 0.25) is 5.88 Å². The van der Waals surface area contributed by atoms with E-state index in [2.05, 4.69) is 5.10 Å². The first kappa shape index (κ1) is 19.4. The lowest BCUT2D eigenvalue weighted by Crippen LogP contribution is -2.27. The average Bonchev–Trinajstić information content (AvgIpc) is 2.93. The van der Waals surface area contributed by atoms with Crippen LogP contribution in [0.5, 0.6) is 5.88 Å². The first-order chi connectivity index (χ1) is 10.9. The summed E-state index contributed by atoms with van der Waals surface area (Å²) in [4.78, 5) is 11.8. The summed E-state index contributed by atoms with van der Waals surface area (Å²) in [5.74, 6) is 0.343. The van der Waals surface area contributed by atoms with E-state index in [4.69, 9.17) is 23.7 Å². The van der Waals surface area contributed by atoms with E-state index in [1.54, 1.807) is 33.9 Å². The van der Waals surface area contributed by atoms with E-state index in [9.17, 15) is 4.79 Å². The van der Waals surface area contributed by atoms with Gasteiger partial charge in [-0.3, -0.25) is 0 Å². The van der Waals surface area contributed by atoms with Gasteiger partial charge in [0.15, 0.2) is 0 Å². The van der Waals surface area contributed by atoms with Crippen LogP contribution in [0.15, 0.2) is 12.3 Å². The van der Waals surface area contributed by atoms with Crippen molar-refractivity contribution in [3.63, 3.8) is 0 Å². The highest BCUT2D eigenvalue weighted by Gasteiger charge is 2.18. The van der Waals surface area contributed by atoms with Crippen molar-refractivity contribution >= 4 is 6.09 Å². The Balaban J connectivity index is 2.13. The summed E-state index contributed by atoms with van der Waals surface area (Å²) >= 11 is 0. The number of aromatic nitrogens is 2. The van der Waals surface area contributed by atoms with Crippen molar-refractivity contribution < 1.29 is 28.5 Å². The Morgan fingerprint density at radius 3 is 2.30 bits per heavy atom. The molecule has 1 rings (SSSR count). The van der Waals surface area contributed by atoms with Crippen LogP contribution >= 0.6 is 0 Å². The highest BCUT2D eigenvalue weighted by Crippen LogP contribution is 2.11. The molecule has 8 nitrogen and oxygen atoms in total. The van der Waals surface area contributed by atoms with E-state index in [0.717, 1.165) is 4.68 Å². The molecule has 1 heterocycles. The third-order valence-electron chi connectivity index (χ3n) is 2.43. The van der Waals surface area contributed by atoms with Crippen LogP contribution in [0.2, 0.25) is 0 Å². The van der Waals surface area contributed by atoms with Gasteiger partial charge in [0, 0.05) is 19.4 Å². The maximum atomic E-state index is 11.8. The summed E-state index contributed by atoms with van der Waals surface area (Å²) in [6.07, 6.45) is 0.949. The van der Waals surface area contributed by atoms with Crippen LogP contribution in [0.25, 0.3) is 0 Å². The normalized spacial score (nSPS) is 11.5. The predicted octanol–water partition coefficient (Wildman–Crippen LogP) is 1.72. The fourth-order valence-corrected chi connectivity index (χ4v) is 1.46. The van der Waals surface area contributed by atoms with Crippen LogP contribution in [0.4, 0.5) is 4.79 Å². The van der Waals surface area contributed by atoms with E-state index in [-0.39, 0.29) is 0 Å². The van der Waals surface area contributed by atoms with Gasteiger partial charge in [-0.15, -0.1) is 5.10 Å². The van der Waals surface area contributed by atoms with Crippen molar-refractivity contribution in [2.75, 3.05) is 46.8 Å². The standard InChI is InChI=1S/C15H26N2O6/c1-15(2,3)23-14(18)17-6-5-13(16-17)22-12-11-21-10-9-20-8-7-19-4/h5-6H,7-12H2,1-4H3. The molecule has 0 N–H and O–H groups in total. The molecular formula is C15H26N2O6. The van der Waals surface area contributed by atoms with Crippen LogP contribution in [-0.4, -0.2) is 68.2 Å². The minimum atomic E-state index is -0.566. The lowest BCUT2D eigenvalue weighted by molar-refractivity contribution is 0.0175. The van der Waals surface area contributed by atoms with Crippen molar-refractivity contribution in [2.45, 2.75) is 26.4 Å². The molecule has 0 unspecified atom stereocenters. The fourth-order valence-electron chi connectivity index (χ4n) is 1.46. The van der Waals surface area contributed by atoms with Gasteiger partial charge >= 0.3 is 6.09 Å². The van der Waals surface area contributed by atoms with Crippen molar-refractivity contribution in [3.05, 3.63) is 12.3 Å². The Kier molecular flexibility index (Phi) is 8.60. The molecular weight excluding hydrogens is 304 g/mol. The minimum Gasteiger partial charge on any atom is -0.474 e. The number of rotatable bonds is 10. The second-order valence-electron chi connectivity index (χ2n) is 5.64.